The molecule has 1 heterocycles. The molecule has 78 valence electrons. The van der Waals surface area contributed by atoms with Crippen molar-refractivity contribution >= 4 is 26.8 Å². The Bertz CT molecular complexity index is 468. The minimum absolute atomic E-state index is 0.967. The van der Waals surface area contributed by atoms with E-state index in [2.05, 4.69) is 44.4 Å². The lowest BCUT2D eigenvalue weighted by atomic mass is 10.2. The van der Waals surface area contributed by atoms with Gasteiger partial charge in [0.15, 0.2) is 0 Å². The van der Waals surface area contributed by atoms with Crippen LogP contribution in [0.15, 0.2) is 34.8 Å². The fraction of sp³-hybridized carbons (Fsp3) is 0.250. The van der Waals surface area contributed by atoms with Gasteiger partial charge in [-0.15, -0.1) is 0 Å². The number of aromatic nitrogens is 1. The molecule has 0 aliphatic carbocycles. The van der Waals surface area contributed by atoms with E-state index in [-0.39, 0.29) is 0 Å². The van der Waals surface area contributed by atoms with Crippen molar-refractivity contribution < 1.29 is 0 Å². The second-order valence-electron chi connectivity index (χ2n) is 3.49. The lowest BCUT2D eigenvalue weighted by Crippen LogP contribution is -2.11. The van der Waals surface area contributed by atoms with E-state index >= 15 is 0 Å². The number of benzene rings is 1. The number of rotatable bonds is 3. The van der Waals surface area contributed by atoms with Crippen molar-refractivity contribution in [3.8, 4) is 0 Å². The van der Waals surface area contributed by atoms with E-state index in [9.17, 15) is 0 Å². The maximum Gasteiger partial charge on any atom is 0.0706 e. The predicted molar refractivity (Wildman–Crippen MR) is 67.1 cm³/mol. The summed E-state index contributed by atoms with van der Waals surface area (Å²) in [5, 5.41) is 4.30. The van der Waals surface area contributed by atoms with Crippen molar-refractivity contribution in [1.29, 1.82) is 0 Å². The molecule has 2 nitrogen and oxygen atoms in total. The topological polar surface area (TPSA) is 24.9 Å². The second-order valence-corrected chi connectivity index (χ2v) is 4.41. The van der Waals surface area contributed by atoms with Gasteiger partial charge in [0.25, 0.3) is 0 Å². The molecule has 15 heavy (non-hydrogen) atoms. The fourth-order valence-corrected chi connectivity index (χ4v) is 1.91. The zero-order chi connectivity index (χ0) is 10.7. The Labute approximate surface area is 97.8 Å². The van der Waals surface area contributed by atoms with Gasteiger partial charge in [0.2, 0.25) is 0 Å². The molecule has 3 heteroatoms. The fourth-order valence-electron chi connectivity index (χ4n) is 1.53. The highest BCUT2D eigenvalue weighted by molar-refractivity contribution is 9.10. The highest BCUT2D eigenvalue weighted by Gasteiger charge is 1.98. The van der Waals surface area contributed by atoms with E-state index in [0.717, 1.165) is 28.6 Å². The van der Waals surface area contributed by atoms with Crippen molar-refractivity contribution in [3.63, 3.8) is 0 Å². The Balaban J connectivity index is 2.34. The zero-order valence-electron chi connectivity index (χ0n) is 8.63. The minimum atomic E-state index is 0.967. The molecule has 0 aliphatic rings. The molecule has 0 amide bonds. The average molecular weight is 265 g/mol. The van der Waals surface area contributed by atoms with Gasteiger partial charge in [-0.2, -0.15) is 0 Å². The van der Waals surface area contributed by atoms with Gasteiger partial charge in [-0.05, 0) is 31.3 Å². The molecule has 0 saturated heterocycles. The lowest BCUT2D eigenvalue weighted by molar-refractivity contribution is 0.779. The third kappa shape index (κ3) is 2.55. The van der Waals surface area contributed by atoms with Crippen LogP contribution in [0.1, 0.15) is 5.69 Å². The van der Waals surface area contributed by atoms with Gasteiger partial charge >= 0.3 is 0 Å². The maximum atomic E-state index is 4.59. The summed E-state index contributed by atoms with van der Waals surface area (Å²) in [6.45, 7) is 0.967. The summed E-state index contributed by atoms with van der Waals surface area (Å²) in [5.41, 5.74) is 2.20. The number of likely N-dealkylation sites (N-methyl/N-ethyl adjacent to an activating group) is 1. The smallest absolute Gasteiger partial charge is 0.0706 e. The van der Waals surface area contributed by atoms with Crippen LogP contribution >= 0.6 is 15.9 Å². The summed E-state index contributed by atoms with van der Waals surface area (Å²) < 4.78 is 1.10. The van der Waals surface area contributed by atoms with E-state index in [1.165, 1.54) is 5.39 Å². The van der Waals surface area contributed by atoms with Crippen LogP contribution in [0.25, 0.3) is 10.9 Å². The van der Waals surface area contributed by atoms with Gasteiger partial charge in [-0.1, -0.05) is 22.0 Å². The number of nitrogens with one attached hydrogen (secondary N) is 1. The van der Waals surface area contributed by atoms with Crippen molar-refractivity contribution in [3.05, 3.63) is 40.5 Å². The third-order valence-electron chi connectivity index (χ3n) is 2.34. The zero-order valence-corrected chi connectivity index (χ0v) is 10.2. The molecule has 0 aliphatic heterocycles. The lowest BCUT2D eigenvalue weighted by Gasteiger charge is -2.03. The first-order valence-electron chi connectivity index (χ1n) is 4.99. The molecule has 0 radical (unpaired) electrons. The van der Waals surface area contributed by atoms with E-state index in [0.29, 0.717) is 0 Å². The van der Waals surface area contributed by atoms with Gasteiger partial charge < -0.3 is 5.32 Å². The van der Waals surface area contributed by atoms with Crippen molar-refractivity contribution in [2.24, 2.45) is 0 Å². The molecule has 0 unspecified atom stereocenters. The van der Waals surface area contributed by atoms with Crippen LogP contribution < -0.4 is 5.32 Å². The summed E-state index contributed by atoms with van der Waals surface area (Å²) in [6.07, 6.45) is 0.975. The summed E-state index contributed by atoms with van der Waals surface area (Å²) in [5.74, 6) is 0. The van der Waals surface area contributed by atoms with Crippen LogP contribution in [0.5, 0.6) is 0 Å². The van der Waals surface area contributed by atoms with Crippen molar-refractivity contribution in [1.82, 2.24) is 10.3 Å². The molecule has 1 aromatic heterocycles. The summed E-state index contributed by atoms with van der Waals surface area (Å²) in [7, 11) is 1.96. The van der Waals surface area contributed by atoms with Gasteiger partial charge in [0, 0.05) is 28.5 Å². The Morgan fingerprint density at radius 2 is 2.13 bits per heavy atom. The van der Waals surface area contributed by atoms with Crippen LogP contribution in [-0.4, -0.2) is 18.6 Å². The summed E-state index contributed by atoms with van der Waals surface area (Å²) in [6, 6.07) is 10.4. The molecule has 1 N–H and O–H groups in total. The van der Waals surface area contributed by atoms with Crippen LogP contribution in [0.2, 0.25) is 0 Å². The second kappa shape index (κ2) is 4.73. The quantitative estimate of drug-likeness (QED) is 0.923. The number of halogens is 1. The van der Waals surface area contributed by atoms with E-state index in [1.54, 1.807) is 0 Å². The standard InChI is InChI=1S/C12H13BrN2/c1-14-7-6-11-4-2-9-8-10(13)3-5-12(9)15-11/h2-5,8,14H,6-7H2,1H3. The van der Waals surface area contributed by atoms with Crippen LogP contribution in [0.3, 0.4) is 0 Å². The Hall–Kier alpha value is -0.930. The Morgan fingerprint density at radius 3 is 2.93 bits per heavy atom. The number of hydrogen-bond acceptors (Lipinski definition) is 2. The first kappa shape index (κ1) is 10.6. The molecule has 0 bridgehead atoms. The van der Waals surface area contributed by atoms with Gasteiger partial charge in [-0.25, -0.2) is 0 Å². The normalized spacial score (nSPS) is 10.8. The third-order valence-corrected chi connectivity index (χ3v) is 2.83. The van der Waals surface area contributed by atoms with Crippen molar-refractivity contribution in [2.45, 2.75) is 6.42 Å². The maximum absolute atomic E-state index is 4.59. The highest BCUT2D eigenvalue weighted by atomic mass is 79.9. The minimum Gasteiger partial charge on any atom is -0.319 e. The monoisotopic (exact) mass is 264 g/mol. The molecule has 0 saturated carbocycles. The van der Waals surface area contributed by atoms with Crippen LogP contribution in [0.4, 0.5) is 0 Å². The van der Waals surface area contributed by atoms with E-state index < -0.39 is 0 Å². The van der Waals surface area contributed by atoms with Gasteiger partial charge in [0.1, 0.15) is 0 Å². The Morgan fingerprint density at radius 1 is 1.27 bits per heavy atom. The molecule has 0 atom stereocenters. The van der Waals surface area contributed by atoms with E-state index in [1.807, 2.05) is 19.2 Å². The summed E-state index contributed by atoms with van der Waals surface area (Å²) >= 11 is 3.46. The van der Waals surface area contributed by atoms with E-state index in [4.69, 9.17) is 0 Å². The number of nitrogens with zero attached hydrogens (tertiary/aromatic N) is 1. The van der Waals surface area contributed by atoms with Crippen LogP contribution in [-0.2, 0) is 6.42 Å². The summed E-state index contributed by atoms with van der Waals surface area (Å²) in [4.78, 5) is 4.59. The highest BCUT2D eigenvalue weighted by Crippen LogP contribution is 2.18. The number of fused-ring (bicyclic) bond motifs is 1. The molecule has 2 rings (SSSR count). The molecular formula is C12H13BrN2. The van der Waals surface area contributed by atoms with Gasteiger partial charge in [-0.3, -0.25) is 4.98 Å². The predicted octanol–water partition coefficient (Wildman–Crippen LogP) is 2.76. The van der Waals surface area contributed by atoms with Crippen LogP contribution in [0, 0.1) is 0 Å². The largest absolute Gasteiger partial charge is 0.319 e. The first-order chi connectivity index (χ1) is 7.29. The average Bonchev–Trinajstić information content (AvgIpc) is 2.26. The number of hydrogen-bond donors (Lipinski definition) is 1. The Kier molecular flexibility index (Phi) is 3.34. The molecule has 2 aromatic rings. The first-order valence-corrected chi connectivity index (χ1v) is 5.79. The van der Waals surface area contributed by atoms with Crippen molar-refractivity contribution in [2.75, 3.05) is 13.6 Å². The number of pyridine rings is 1. The van der Waals surface area contributed by atoms with Gasteiger partial charge in [0.05, 0.1) is 5.52 Å². The molecule has 1 aromatic carbocycles. The SMILES string of the molecule is CNCCc1ccc2cc(Br)ccc2n1. The molecular weight excluding hydrogens is 252 g/mol. The molecule has 0 fully saturated rings. The molecule has 0 spiro atoms.